The van der Waals surface area contributed by atoms with Crippen molar-refractivity contribution in [2.75, 3.05) is 6.54 Å². The van der Waals surface area contributed by atoms with Gasteiger partial charge in [-0.15, -0.1) is 0 Å². The van der Waals surface area contributed by atoms with E-state index in [1.165, 1.54) is 33.3 Å². The topological polar surface area (TPSA) is 19.0 Å². The molecule has 1 N–H and O–H groups in total. The molecule has 0 saturated heterocycles. The van der Waals surface area contributed by atoms with Crippen molar-refractivity contribution in [1.29, 1.82) is 0 Å². The molecule has 1 atom stereocenters. The number of aromatic amines is 1. The molecule has 0 saturated carbocycles. The molecular formula is C26H26N2. The minimum atomic E-state index is 0.427. The Morgan fingerprint density at radius 2 is 1.46 bits per heavy atom. The van der Waals surface area contributed by atoms with Crippen LogP contribution >= 0.6 is 0 Å². The highest BCUT2D eigenvalue weighted by Crippen LogP contribution is 2.37. The molecule has 2 heterocycles. The molecule has 0 fully saturated rings. The monoisotopic (exact) mass is 366 g/mol. The molecule has 2 nitrogen and oxygen atoms in total. The average Bonchev–Trinajstić information content (AvgIpc) is 3.13. The van der Waals surface area contributed by atoms with Crippen LogP contribution in [0.25, 0.3) is 10.9 Å². The summed E-state index contributed by atoms with van der Waals surface area (Å²) < 4.78 is 0. The van der Waals surface area contributed by atoms with Crippen LogP contribution in [0.2, 0.25) is 0 Å². The van der Waals surface area contributed by atoms with Crippen molar-refractivity contribution in [3.8, 4) is 0 Å². The van der Waals surface area contributed by atoms with E-state index >= 15 is 0 Å². The molecule has 1 aliphatic rings. The highest BCUT2D eigenvalue weighted by Gasteiger charge is 2.30. The summed E-state index contributed by atoms with van der Waals surface area (Å²) >= 11 is 0. The fourth-order valence-corrected chi connectivity index (χ4v) is 4.65. The first-order chi connectivity index (χ1) is 13.9. The normalized spacial score (nSPS) is 16.9. The summed E-state index contributed by atoms with van der Waals surface area (Å²) in [4.78, 5) is 6.44. The van der Waals surface area contributed by atoms with Crippen molar-refractivity contribution in [3.63, 3.8) is 0 Å². The number of benzene rings is 3. The molecular weight excluding hydrogens is 340 g/mol. The van der Waals surface area contributed by atoms with E-state index in [0.717, 1.165) is 32.4 Å². The maximum Gasteiger partial charge on any atom is 0.0508 e. The van der Waals surface area contributed by atoms with E-state index in [2.05, 4.69) is 94.8 Å². The number of aryl methyl sites for hydroxylation is 1. The maximum atomic E-state index is 3.78. The lowest BCUT2D eigenvalue weighted by atomic mass is 9.92. The number of H-pyrrole nitrogens is 1. The number of nitrogens with zero attached hydrogens (tertiary/aromatic N) is 1. The van der Waals surface area contributed by atoms with Crippen molar-refractivity contribution < 1.29 is 0 Å². The number of aromatic nitrogens is 1. The molecule has 2 heteroatoms. The van der Waals surface area contributed by atoms with Crippen LogP contribution < -0.4 is 0 Å². The number of rotatable bonds is 5. The summed E-state index contributed by atoms with van der Waals surface area (Å²) in [5.41, 5.74) is 7.05. The Balaban J connectivity index is 1.48. The SMILES string of the molecule is c1ccc(CCC2c3[nH]c4ccccc4c3CCN2Cc2ccccc2)cc1. The van der Waals surface area contributed by atoms with E-state index in [4.69, 9.17) is 0 Å². The van der Waals surface area contributed by atoms with Crippen LogP contribution in [0.4, 0.5) is 0 Å². The molecule has 1 unspecified atom stereocenters. The predicted octanol–water partition coefficient (Wildman–Crippen LogP) is 5.90. The first-order valence-electron chi connectivity index (χ1n) is 10.3. The molecule has 0 amide bonds. The van der Waals surface area contributed by atoms with Gasteiger partial charge in [-0.1, -0.05) is 78.9 Å². The summed E-state index contributed by atoms with van der Waals surface area (Å²) in [5.74, 6) is 0. The summed E-state index contributed by atoms with van der Waals surface area (Å²) in [6, 6.07) is 31.0. The zero-order valence-corrected chi connectivity index (χ0v) is 16.1. The number of nitrogens with one attached hydrogen (secondary N) is 1. The Morgan fingerprint density at radius 3 is 2.25 bits per heavy atom. The van der Waals surface area contributed by atoms with Crippen LogP contribution in [0.5, 0.6) is 0 Å². The van der Waals surface area contributed by atoms with Crippen molar-refractivity contribution >= 4 is 10.9 Å². The molecule has 28 heavy (non-hydrogen) atoms. The molecule has 1 aromatic heterocycles. The van der Waals surface area contributed by atoms with E-state index in [0.29, 0.717) is 6.04 Å². The van der Waals surface area contributed by atoms with Gasteiger partial charge in [-0.25, -0.2) is 0 Å². The first-order valence-corrected chi connectivity index (χ1v) is 10.3. The minimum absolute atomic E-state index is 0.427. The van der Waals surface area contributed by atoms with Gasteiger partial charge in [-0.2, -0.15) is 0 Å². The lowest BCUT2D eigenvalue weighted by molar-refractivity contribution is 0.164. The second-order valence-corrected chi connectivity index (χ2v) is 7.81. The second kappa shape index (κ2) is 7.65. The van der Waals surface area contributed by atoms with Crippen molar-refractivity contribution in [2.24, 2.45) is 0 Å². The lowest BCUT2D eigenvalue weighted by Gasteiger charge is -2.36. The van der Waals surface area contributed by atoms with Gasteiger partial charge in [0.05, 0.1) is 6.04 Å². The van der Waals surface area contributed by atoms with Gasteiger partial charge in [0.1, 0.15) is 0 Å². The average molecular weight is 367 g/mol. The van der Waals surface area contributed by atoms with Crippen LogP contribution in [-0.2, 0) is 19.4 Å². The quantitative estimate of drug-likeness (QED) is 0.466. The third-order valence-corrected chi connectivity index (χ3v) is 6.05. The number of hydrogen-bond acceptors (Lipinski definition) is 1. The highest BCUT2D eigenvalue weighted by atomic mass is 15.2. The third kappa shape index (κ3) is 3.36. The lowest BCUT2D eigenvalue weighted by Crippen LogP contribution is -2.35. The Hall–Kier alpha value is -2.84. The molecule has 0 aliphatic carbocycles. The second-order valence-electron chi connectivity index (χ2n) is 7.81. The van der Waals surface area contributed by atoms with Crippen molar-refractivity contribution in [2.45, 2.75) is 31.8 Å². The Morgan fingerprint density at radius 1 is 0.786 bits per heavy atom. The molecule has 1 aliphatic heterocycles. The fraction of sp³-hybridized carbons (Fsp3) is 0.231. The Kier molecular flexibility index (Phi) is 4.72. The van der Waals surface area contributed by atoms with Gasteiger partial charge in [0.25, 0.3) is 0 Å². The minimum Gasteiger partial charge on any atom is -0.357 e. The molecule has 5 rings (SSSR count). The van der Waals surface area contributed by atoms with Gasteiger partial charge in [0, 0.05) is 29.7 Å². The van der Waals surface area contributed by atoms with Gasteiger partial charge in [0.15, 0.2) is 0 Å². The number of hydrogen-bond donors (Lipinski definition) is 1. The van der Waals surface area contributed by atoms with Crippen LogP contribution in [0.1, 0.15) is 34.8 Å². The van der Waals surface area contributed by atoms with E-state index < -0.39 is 0 Å². The van der Waals surface area contributed by atoms with Crippen LogP contribution in [0.3, 0.4) is 0 Å². The Bertz CT molecular complexity index is 1050. The molecule has 0 radical (unpaired) electrons. The van der Waals surface area contributed by atoms with Crippen molar-refractivity contribution in [1.82, 2.24) is 9.88 Å². The van der Waals surface area contributed by atoms with Gasteiger partial charge < -0.3 is 4.98 Å². The van der Waals surface area contributed by atoms with E-state index in [9.17, 15) is 0 Å². The molecule has 3 aromatic carbocycles. The van der Waals surface area contributed by atoms with Gasteiger partial charge in [0.2, 0.25) is 0 Å². The van der Waals surface area contributed by atoms with Crippen LogP contribution in [0.15, 0.2) is 84.9 Å². The van der Waals surface area contributed by atoms with Crippen LogP contribution in [0, 0.1) is 0 Å². The largest absolute Gasteiger partial charge is 0.357 e. The smallest absolute Gasteiger partial charge is 0.0508 e. The van der Waals surface area contributed by atoms with Crippen molar-refractivity contribution in [3.05, 3.63) is 107 Å². The zero-order chi connectivity index (χ0) is 18.8. The molecule has 0 bridgehead atoms. The summed E-state index contributed by atoms with van der Waals surface area (Å²) in [6.45, 7) is 2.12. The summed E-state index contributed by atoms with van der Waals surface area (Å²) in [6.07, 6.45) is 3.36. The first kappa shape index (κ1) is 17.3. The highest BCUT2D eigenvalue weighted by molar-refractivity contribution is 5.85. The van der Waals surface area contributed by atoms with E-state index in [1.807, 2.05) is 0 Å². The molecule has 140 valence electrons. The maximum absolute atomic E-state index is 3.78. The molecule has 4 aromatic rings. The molecule has 0 spiro atoms. The zero-order valence-electron chi connectivity index (χ0n) is 16.1. The third-order valence-electron chi connectivity index (χ3n) is 6.05. The van der Waals surface area contributed by atoms with E-state index in [1.54, 1.807) is 0 Å². The number of para-hydroxylation sites is 1. The van der Waals surface area contributed by atoms with Gasteiger partial charge in [-0.3, -0.25) is 4.90 Å². The number of fused-ring (bicyclic) bond motifs is 3. The van der Waals surface area contributed by atoms with Crippen LogP contribution in [-0.4, -0.2) is 16.4 Å². The van der Waals surface area contributed by atoms with E-state index in [-0.39, 0.29) is 0 Å². The fourth-order valence-electron chi connectivity index (χ4n) is 4.65. The summed E-state index contributed by atoms with van der Waals surface area (Å²) in [7, 11) is 0. The van der Waals surface area contributed by atoms with Gasteiger partial charge in [-0.05, 0) is 42.0 Å². The van der Waals surface area contributed by atoms with Gasteiger partial charge >= 0.3 is 0 Å². The standard InChI is InChI=1S/C26H26N2/c1-3-9-20(10-4-1)15-16-25-26-23(22-13-7-8-14-24(22)27-26)17-18-28(25)19-21-11-5-2-6-12-21/h1-14,25,27H,15-19H2. The summed E-state index contributed by atoms with van der Waals surface area (Å²) in [5, 5.41) is 1.40. The predicted molar refractivity (Wildman–Crippen MR) is 116 cm³/mol. The Labute approximate surface area is 166 Å².